The molecule has 6 heteroatoms. The molecule has 1 amide bonds. The van der Waals surface area contributed by atoms with Gasteiger partial charge in [0.15, 0.2) is 0 Å². The summed E-state index contributed by atoms with van der Waals surface area (Å²) in [5.41, 5.74) is 0.195. The summed E-state index contributed by atoms with van der Waals surface area (Å²) in [6, 6.07) is 2.40. The lowest BCUT2D eigenvalue weighted by Crippen LogP contribution is -2.43. The number of carbonyl (C=O) groups is 2. The van der Waals surface area contributed by atoms with Gasteiger partial charge in [0, 0.05) is 24.4 Å². The minimum Gasteiger partial charge on any atom is -0.481 e. The van der Waals surface area contributed by atoms with Crippen molar-refractivity contribution in [2.45, 2.75) is 25.7 Å². The van der Waals surface area contributed by atoms with Gasteiger partial charge < -0.3 is 10.4 Å². The summed E-state index contributed by atoms with van der Waals surface area (Å²) in [6.45, 7) is 1.65. The van der Waals surface area contributed by atoms with E-state index in [4.69, 9.17) is 5.11 Å². The summed E-state index contributed by atoms with van der Waals surface area (Å²) in [5.74, 6) is -5.14. The standard InChI is InChI=1S/C14H15F2NO3/c1-2-7-3-10(15)13(11(16)4-7)8-5-12(18)17-6-9(8)14(19)20/h3-4,8-9H,2,5-6H2,1H3,(H,17,18)(H,19,20)/t8-,9-/m1/s1. The Morgan fingerprint density at radius 3 is 2.50 bits per heavy atom. The number of benzene rings is 1. The summed E-state index contributed by atoms with van der Waals surface area (Å²) in [4.78, 5) is 22.6. The fourth-order valence-corrected chi connectivity index (χ4v) is 2.54. The third-order valence-electron chi connectivity index (χ3n) is 3.65. The van der Waals surface area contributed by atoms with Crippen LogP contribution in [0.3, 0.4) is 0 Å². The Morgan fingerprint density at radius 1 is 1.40 bits per heavy atom. The fraction of sp³-hybridized carbons (Fsp3) is 0.429. The van der Waals surface area contributed by atoms with E-state index in [9.17, 15) is 18.4 Å². The average Bonchev–Trinajstić information content (AvgIpc) is 2.37. The Hall–Kier alpha value is -1.98. The minimum atomic E-state index is -1.17. The van der Waals surface area contributed by atoms with E-state index in [0.717, 1.165) is 0 Å². The molecule has 2 N–H and O–H groups in total. The van der Waals surface area contributed by atoms with Gasteiger partial charge in [-0.15, -0.1) is 0 Å². The molecule has 2 rings (SSSR count). The Labute approximate surface area is 114 Å². The van der Waals surface area contributed by atoms with Crippen molar-refractivity contribution >= 4 is 11.9 Å². The monoisotopic (exact) mass is 283 g/mol. The first-order valence-electron chi connectivity index (χ1n) is 6.41. The van der Waals surface area contributed by atoms with Gasteiger partial charge in [-0.2, -0.15) is 0 Å². The first-order chi connectivity index (χ1) is 9.43. The number of aryl methyl sites for hydroxylation is 1. The molecule has 0 aromatic heterocycles. The zero-order chi connectivity index (χ0) is 14.9. The van der Waals surface area contributed by atoms with Crippen LogP contribution in [0.15, 0.2) is 12.1 Å². The van der Waals surface area contributed by atoms with Gasteiger partial charge in [-0.25, -0.2) is 8.78 Å². The number of carbonyl (C=O) groups excluding carboxylic acids is 1. The third-order valence-corrected chi connectivity index (χ3v) is 3.65. The van der Waals surface area contributed by atoms with Crippen LogP contribution in [0.25, 0.3) is 0 Å². The molecule has 1 heterocycles. The maximum Gasteiger partial charge on any atom is 0.308 e. The lowest BCUT2D eigenvalue weighted by atomic mass is 9.80. The van der Waals surface area contributed by atoms with Crippen LogP contribution < -0.4 is 5.32 Å². The van der Waals surface area contributed by atoms with Crippen molar-refractivity contribution in [1.29, 1.82) is 0 Å². The largest absolute Gasteiger partial charge is 0.481 e. The molecule has 0 bridgehead atoms. The SMILES string of the molecule is CCc1cc(F)c([C@@H]2CC(=O)NC[C@H]2C(=O)O)c(F)c1. The number of piperidine rings is 1. The van der Waals surface area contributed by atoms with Crippen molar-refractivity contribution in [2.75, 3.05) is 6.54 Å². The van der Waals surface area contributed by atoms with Crippen molar-refractivity contribution in [3.05, 3.63) is 34.9 Å². The first-order valence-corrected chi connectivity index (χ1v) is 6.41. The van der Waals surface area contributed by atoms with Crippen LogP contribution >= 0.6 is 0 Å². The first kappa shape index (κ1) is 14.4. The van der Waals surface area contributed by atoms with E-state index in [1.165, 1.54) is 12.1 Å². The molecule has 1 saturated heterocycles. The van der Waals surface area contributed by atoms with Crippen LogP contribution in [0.4, 0.5) is 8.78 Å². The molecule has 1 aliphatic heterocycles. The fourth-order valence-electron chi connectivity index (χ4n) is 2.54. The molecule has 108 valence electrons. The molecular weight excluding hydrogens is 268 g/mol. The molecule has 20 heavy (non-hydrogen) atoms. The average molecular weight is 283 g/mol. The van der Waals surface area contributed by atoms with Crippen LogP contribution in [0.2, 0.25) is 0 Å². The highest BCUT2D eigenvalue weighted by molar-refractivity contribution is 5.82. The molecule has 0 saturated carbocycles. The number of carboxylic acids is 1. The number of hydrogen-bond acceptors (Lipinski definition) is 2. The van der Waals surface area contributed by atoms with Crippen molar-refractivity contribution in [2.24, 2.45) is 5.92 Å². The van der Waals surface area contributed by atoms with Gasteiger partial charge in [0.1, 0.15) is 11.6 Å². The summed E-state index contributed by atoms with van der Waals surface area (Å²) < 4.78 is 28.2. The predicted molar refractivity (Wildman–Crippen MR) is 67.2 cm³/mol. The van der Waals surface area contributed by atoms with E-state index in [1.807, 2.05) is 0 Å². The van der Waals surface area contributed by atoms with Crippen molar-refractivity contribution in [3.8, 4) is 0 Å². The second-order valence-corrected chi connectivity index (χ2v) is 4.89. The molecule has 1 aromatic rings. The topological polar surface area (TPSA) is 66.4 Å². The van der Waals surface area contributed by atoms with Crippen LogP contribution in [0, 0.1) is 17.6 Å². The highest BCUT2D eigenvalue weighted by Crippen LogP contribution is 2.35. The Kier molecular flexibility index (Phi) is 4.01. The quantitative estimate of drug-likeness (QED) is 0.889. The highest BCUT2D eigenvalue weighted by Gasteiger charge is 2.38. The van der Waals surface area contributed by atoms with Crippen molar-refractivity contribution in [3.63, 3.8) is 0 Å². The number of aliphatic carboxylic acids is 1. The zero-order valence-electron chi connectivity index (χ0n) is 11.0. The number of halogens is 2. The molecule has 0 unspecified atom stereocenters. The molecule has 2 atom stereocenters. The van der Waals surface area contributed by atoms with E-state index in [-0.39, 0.29) is 18.5 Å². The number of carboxylic acid groups (broad SMARTS) is 1. The van der Waals surface area contributed by atoms with Gasteiger partial charge in [-0.3, -0.25) is 9.59 Å². The van der Waals surface area contributed by atoms with Gasteiger partial charge in [0.2, 0.25) is 5.91 Å². The van der Waals surface area contributed by atoms with E-state index < -0.39 is 35.3 Å². The number of nitrogens with one attached hydrogen (secondary N) is 1. The number of amides is 1. The van der Waals surface area contributed by atoms with Crippen molar-refractivity contribution < 1.29 is 23.5 Å². The van der Waals surface area contributed by atoms with E-state index in [1.54, 1.807) is 6.92 Å². The van der Waals surface area contributed by atoms with Gasteiger partial charge >= 0.3 is 5.97 Å². The van der Waals surface area contributed by atoms with Gasteiger partial charge in [-0.1, -0.05) is 6.92 Å². The van der Waals surface area contributed by atoms with E-state index >= 15 is 0 Å². The van der Waals surface area contributed by atoms with E-state index in [0.29, 0.717) is 12.0 Å². The maximum absolute atomic E-state index is 14.1. The molecule has 1 aliphatic rings. The smallest absolute Gasteiger partial charge is 0.308 e. The van der Waals surface area contributed by atoms with Crippen molar-refractivity contribution in [1.82, 2.24) is 5.32 Å². The third kappa shape index (κ3) is 2.64. The van der Waals surface area contributed by atoms with Crippen LogP contribution in [-0.2, 0) is 16.0 Å². The second kappa shape index (κ2) is 5.56. The van der Waals surface area contributed by atoms with Crippen LogP contribution in [-0.4, -0.2) is 23.5 Å². The molecule has 0 spiro atoms. The van der Waals surface area contributed by atoms with Crippen LogP contribution in [0.1, 0.15) is 30.4 Å². The van der Waals surface area contributed by atoms with Gasteiger partial charge in [0.05, 0.1) is 5.92 Å². The summed E-state index contributed by atoms with van der Waals surface area (Å²) in [7, 11) is 0. The molecule has 4 nitrogen and oxygen atoms in total. The summed E-state index contributed by atoms with van der Waals surface area (Å²) in [6.07, 6.45) is 0.248. The van der Waals surface area contributed by atoms with Crippen LogP contribution in [0.5, 0.6) is 0 Å². The Bertz CT molecular complexity index is 536. The lowest BCUT2D eigenvalue weighted by molar-refractivity contribution is -0.144. The van der Waals surface area contributed by atoms with Gasteiger partial charge in [-0.05, 0) is 24.1 Å². The summed E-state index contributed by atoms with van der Waals surface area (Å²) in [5, 5.41) is 11.6. The van der Waals surface area contributed by atoms with Gasteiger partial charge in [0.25, 0.3) is 0 Å². The lowest BCUT2D eigenvalue weighted by Gasteiger charge is -2.29. The molecule has 0 aliphatic carbocycles. The Morgan fingerprint density at radius 2 is 2.00 bits per heavy atom. The predicted octanol–water partition coefficient (Wildman–Crippen LogP) is 1.83. The second-order valence-electron chi connectivity index (χ2n) is 4.89. The highest BCUT2D eigenvalue weighted by atomic mass is 19.1. The zero-order valence-corrected chi connectivity index (χ0v) is 11.0. The summed E-state index contributed by atoms with van der Waals surface area (Å²) >= 11 is 0. The number of rotatable bonds is 3. The normalized spacial score (nSPS) is 22.4. The molecule has 1 aromatic carbocycles. The van der Waals surface area contributed by atoms with E-state index in [2.05, 4.69) is 5.32 Å². The maximum atomic E-state index is 14.1. The number of hydrogen-bond donors (Lipinski definition) is 2. The molecular formula is C14H15F2NO3. The minimum absolute atomic E-state index is 0.118. The Balaban J connectivity index is 2.46. The molecule has 0 radical (unpaired) electrons. The molecule has 1 fully saturated rings.